The second kappa shape index (κ2) is 10.7. The molecule has 1 atom stereocenters. The summed E-state index contributed by atoms with van der Waals surface area (Å²) in [5.41, 5.74) is 9.40. The molecule has 0 spiro atoms. The van der Waals surface area contributed by atoms with Crippen LogP contribution in [0.15, 0.2) is 41.5 Å². The van der Waals surface area contributed by atoms with Crippen LogP contribution in [0.4, 0.5) is 5.95 Å². The van der Waals surface area contributed by atoms with Gasteiger partial charge in [0.1, 0.15) is 19.4 Å². The molecule has 11 nitrogen and oxygen atoms in total. The SMILES string of the molecule is CC(C)[C@H](NOCc1ccccc1)C(=O)OCCOCn1cnc2c(=O)[nH]c(N)nc21. The van der Waals surface area contributed by atoms with Crippen molar-refractivity contribution in [1.29, 1.82) is 0 Å². The van der Waals surface area contributed by atoms with E-state index >= 15 is 0 Å². The van der Waals surface area contributed by atoms with Crippen LogP contribution in [-0.2, 0) is 32.4 Å². The second-order valence-electron chi connectivity index (χ2n) is 7.16. The molecular weight excluding hydrogens is 404 g/mol. The van der Waals surface area contributed by atoms with Gasteiger partial charge in [0.15, 0.2) is 11.2 Å². The molecule has 0 fully saturated rings. The quantitative estimate of drug-likeness (QED) is 0.230. The maximum Gasteiger partial charge on any atom is 0.325 e. The van der Waals surface area contributed by atoms with Crippen LogP contribution < -0.4 is 16.8 Å². The summed E-state index contributed by atoms with van der Waals surface area (Å²) >= 11 is 0. The fourth-order valence-electron chi connectivity index (χ4n) is 2.76. The predicted molar refractivity (Wildman–Crippen MR) is 112 cm³/mol. The smallest absolute Gasteiger partial charge is 0.325 e. The summed E-state index contributed by atoms with van der Waals surface area (Å²) in [7, 11) is 0. The van der Waals surface area contributed by atoms with Crippen LogP contribution in [0.25, 0.3) is 11.2 Å². The molecule has 2 heterocycles. The fourth-order valence-corrected chi connectivity index (χ4v) is 2.76. The number of anilines is 1. The lowest BCUT2D eigenvalue weighted by Gasteiger charge is -2.20. The van der Waals surface area contributed by atoms with Gasteiger partial charge in [0.05, 0.1) is 19.5 Å². The highest BCUT2D eigenvalue weighted by molar-refractivity contribution is 5.75. The Morgan fingerprint density at radius 1 is 1.26 bits per heavy atom. The maximum absolute atomic E-state index is 12.4. The first-order valence-electron chi connectivity index (χ1n) is 9.82. The van der Waals surface area contributed by atoms with Gasteiger partial charge in [-0.05, 0) is 11.5 Å². The van der Waals surface area contributed by atoms with Gasteiger partial charge in [-0.25, -0.2) is 4.98 Å². The van der Waals surface area contributed by atoms with Crippen LogP contribution in [0.2, 0.25) is 0 Å². The lowest BCUT2D eigenvalue weighted by atomic mass is 10.1. The summed E-state index contributed by atoms with van der Waals surface area (Å²) in [5, 5.41) is 0. The molecule has 0 saturated heterocycles. The summed E-state index contributed by atoms with van der Waals surface area (Å²) in [6.07, 6.45) is 1.43. The van der Waals surface area contributed by atoms with Crippen molar-refractivity contribution >= 4 is 23.1 Å². The zero-order chi connectivity index (χ0) is 22.2. The Hall–Kier alpha value is -3.28. The van der Waals surface area contributed by atoms with E-state index in [2.05, 4.69) is 20.4 Å². The topological polar surface area (TPSA) is 146 Å². The second-order valence-corrected chi connectivity index (χ2v) is 7.16. The van der Waals surface area contributed by atoms with E-state index in [1.54, 1.807) is 4.57 Å². The first-order valence-corrected chi connectivity index (χ1v) is 9.82. The molecule has 0 aliphatic carbocycles. The number of H-pyrrole nitrogens is 1. The molecule has 0 saturated carbocycles. The van der Waals surface area contributed by atoms with Gasteiger partial charge in [0.2, 0.25) is 5.95 Å². The lowest BCUT2D eigenvalue weighted by molar-refractivity contribution is -0.155. The molecule has 166 valence electrons. The van der Waals surface area contributed by atoms with E-state index in [0.29, 0.717) is 12.3 Å². The minimum atomic E-state index is -0.611. The van der Waals surface area contributed by atoms with E-state index in [1.165, 1.54) is 6.33 Å². The number of esters is 1. The molecule has 0 radical (unpaired) electrons. The van der Waals surface area contributed by atoms with Crippen LogP contribution in [0.5, 0.6) is 0 Å². The van der Waals surface area contributed by atoms with Crippen molar-refractivity contribution in [3.05, 3.63) is 52.6 Å². The summed E-state index contributed by atoms with van der Waals surface area (Å²) in [6.45, 7) is 4.42. The number of rotatable bonds is 11. The lowest BCUT2D eigenvalue weighted by Crippen LogP contribution is -2.42. The van der Waals surface area contributed by atoms with E-state index < -0.39 is 17.6 Å². The van der Waals surface area contributed by atoms with Gasteiger partial charge >= 0.3 is 5.97 Å². The minimum absolute atomic E-state index is 0.00473. The van der Waals surface area contributed by atoms with Gasteiger partial charge in [0, 0.05) is 0 Å². The highest BCUT2D eigenvalue weighted by atomic mass is 16.7. The number of nitrogens with one attached hydrogen (secondary N) is 2. The predicted octanol–water partition coefficient (Wildman–Crippen LogP) is 0.965. The Bertz CT molecular complexity index is 1050. The Kier molecular flexibility index (Phi) is 7.70. The third-order valence-electron chi connectivity index (χ3n) is 4.41. The highest BCUT2D eigenvalue weighted by Gasteiger charge is 2.24. The number of nitrogens with zero attached hydrogens (tertiary/aromatic N) is 3. The summed E-state index contributed by atoms with van der Waals surface area (Å²) < 4.78 is 12.3. The number of aromatic amines is 1. The van der Waals surface area contributed by atoms with Crippen LogP contribution >= 0.6 is 0 Å². The molecule has 31 heavy (non-hydrogen) atoms. The number of aromatic nitrogens is 4. The van der Waals surface area contributed by atoms with Gasteiger partial charge in [-0.3, -0.25) is 24.0 Å². The molecular formula is C20H26N6O5. The standard InChI is InChI=1S/C20H26N6O5/c1-13(2)15(25-31-10-14-6-4-3-5-7-14)19(28)30-9-8-29-12-26-11-22-16-17(26)23-20(21)24-18(16)27/h3-7,11,13,15,25H,8-10,12H2,1-2H3,(H3,21,23,24,27)/t15-/m0/s1. The fraction of sp³-hybridized carbons (Fsp3) is 0.400. The molecule has 0 unspecified atom stereocenters. The molecule has 1 aromatic carbocycles. The number of hydrogen-bond acceptors (Lipinski definition) is 9. The Labute approximate surface area is 178 Å². The van der Waals surface area contributed by atoms with Gasteiger partial charge in [-0.15, -0.1) is 0 Å². The molecule has 11 heteroatoms. The maximum atomic E-state index is 12.4. The number of carbonyl (C=O) groups is 1. The first-order chi connectivity index (χ1) is 15.0. The molecule has 0 aliphatic heterocycles. The number of hydrogen-bond donors (Lipinski definition) is 3. The Morgan fingerprint density at radius 3 is 2.77 bits per heavy atom. The zero-order valence-electron chi connectivity index (χ0n) is 17.4. The van der Waals surface area contributed by atoms with Gasteiger partial charge in [-0.1, -0.05) is 44.2 Å². The van der Waals surface area contributed by atoms with Crippen molar-refractivity contribution in [2.24, 2.45) is 5.92 Å². The van der Waals surface area contributed by atoms with Gasteiger partial charge < -0.3 is 15.2 Å². The van der Waals surface area contributed by atoms with Crippen LogP contribution in [0, 0.1) is 5.92 Å². The molecule has 3 aromatic rings. The number of imidazole rings is 1. The number of nitrogen functional groups attached to an aromatic ring is 1. The first kappa shape index (κ1) is 22.4. The van der Waals surface area contributed by atoms with Crippen molar-refractivity contribution < 1.29 is 19.1 Å². The molecule has 3 rings (SSSR count). The third kappa shape index (κ3) is 6.10. The van der Waals surface area contributed by atoms with Crippen molar-refractivity contribution in [3.8, 4) is 0 Å². The molecule has 0 bridgehead atoms. The average Bonchev–Trinajstić information content (AvgIpc) is 3.14. The number of hydroxylamine groups is 1. The van der Waals surface area contributed by atoms with E-state index in [1.807, 2.05) is 44.2 Å². The number of nitrogens with two attached hydrogens (primary N) is 1. The van der Waals surface area contributed by atoms with E-state index in [-0.39, 0.29) is 37.3 Å². The van der Waals surface area contributed by atoms with Crippen molar-refractivity contribution in [2.45, 2.75) is 33.2 Å². The van der Waals surface area contributed by atoms with Gasteiger partial charge in [-0.2, -0.15) is 10.5 Å². The van der Waals surface area contributed by atoms with Crippen LogP contribution in [-0.4, -0.2) is 44.7 Å². The van der Waals surface area contributed by atoms with E-state index in [9.17, 15) is 9.59 Å². The molecule has 0 amide bonds. The largest absolute Gasteiger partial charge is 0.462 e. The zero-order valence-corrected chi connectivity index (χ0v) is 17.4. The average molecular weight is 430 g/mol. The highest BCUT2D eigenvalue weighted by Crippen LogP contribution is 2.08. The number of carbonyl (C=O) groups excluding carboxylic acids is 1. The summed E-state index contributed by atoms with van der Waals surface area (Å²) in [6, 6.07) is 9.02. The molecule has 4 N–H and O–H groups in total. The number of benzene rings is 1. The number of fused-ring (bicyclic) bond motifs is 1. The van der Waals surface area contributed by atoms with Crippen LogP contribution in [0.3, 0.4) is 0 Å². The van der Waals surface area contributed by atoms with Crippen molar-refractivity contribution in [2.75, 3.05) is 18.9 Å². The monoisotopic (exact) mass is 430 g/mol. The normalized spacial score (nSPS) is 12.4. The summed E-state index contributed by atoms with van der Waals surface area (Å²) in [4.78, 5) is 40.0. The molecule has 2 aromatic heterocycles. The van der Waals surface area contributed by atoms with Gasteiger partial charge in [0.25, 0.3) is 5.56 Å². The van der Waals surface area contributed by atoms with Crippen LogP contribution in [0.1, 0.15) is 19.4 Å². The number of ether oxygens (including phenoxy) is 2. The van der Waals surface area contributed by atoms with Crippen molar-refractivity contribution in [3.63, 3.8) is 0 Å². The van der Waals surface area contributed by atoms with E-state index in [4.69, 9.17) is 20.0 Å². The minimum Gasteiger partial charge on any atom is -0.462 e. The molecule has 0 aliphatic rings. The van der Waals surface area contributed by atoms with E-state index in [0.717, 1.165) is 5.56 Å². The van der Waals surface area contributed by atoms with Crippen molar-refractivity contribution in [1.82, 2.24) is 25.0 Å². The Morgan fingerprint density at radius 2 is 2.03 bits per heavy atom. The summed E-state index contributed by atoms with van der Waals surface area (Å²) in [5.74, 6) is -0.466. The Balaban J connectivity index is 1.41. The third-order valence-corrected chi connectivity index (χ3v) is 4.41.